The number of rotatable bonds is 7. The van der Waals surface area contributed by atoms with Gasteiger partial charge in [0, 0.05) is 31.4 Å². The van der Waals surface area contributed by atoms with Gasteiger partial charge in [-0.05, 0) is 20.8 Å². The third-order valence-electron chi connectivity index (χ3n) is 2.56. The summed E-state index contributed by atoms with van der Waals surface area (Å²) < 4.78 is 7.28. The fraction of sp³-hybridized carbons (Fsp3) is 0.615. The van der Waals surface area contributed by atoms with E-state index in [0.29, 0.717) is 19.3 Å². The zero-order valence-corrected chi connectivity index (χ0v) is 11.3. The predicted molar refractivity (Wildman–Crippen MR) is 70.0 cm³/mol. The summed E-state index contributed by atoms with van der Waals surface area (Å²) in [5, 5.41) is 7.75. The van der Waals surface area contributed by atoms with Gasteiger partial charge in [0.25, 0.3) is 0 Å². The van der Waals surface area contributed by atoms with Gasteiger partial charge in [-0.2, -0.15) is 5.10 Å². The minimum Gasteiger partial charge on any atom is -0.376 e. The minimum absolute atomic E-state index is 0.303. The summed E-state index contributed by atoms with van der Waals surface area (Å²) in [6, 6.07) is 0.303. The van der Waals surface area contributed by atoms with Crippen molar-refractivity contribution >= 4 is 0 Å². The first kappa shape index (κ1) is 13.9. The van der Waals surface area contributed by atoms with Gasteiger partial charge in [-0.25, -0.2) is 0 Å². The Hall–Kier alpha value is -1.13. The second-order valence-electron chi connectivity index (χ2n) is 4.53. The van der Waals surface area contributed by atoms with Crippen LogP contribution in [0.1, 0.15) is 31.1 Å². The highest BCUT2D eigenvalue weighted by Gasteiger charge is 2.10. The van der Waals surface area contributed by atoms with Crippen LogP contribution in [-0.2, 0) is 11.8 Å². The molecule has 0 bridgehead atoms. The molecule has 0 saturated carbocycles. The molecule has 1 aromatic rings. The van der Waals surface area contributed by atoms with E-state index in [1.165, 1.54) is 5.56 Å². The van der Waals surface area contributed by atoms with Crippen LogP contribution in [0, 0.1) is 6.92 Å². The van der Waals surface area contributed by atoms with Crippen LogP contribution in [0.4, 0.5) is 0 Å². The van der Waals surface area contributed by atoms with Crippen LogP contribution in [-0.4, -0.2) is 29.5 Å². The average Bonchev–Trinajstić information content (AvgIpc) is 2.56. The molecule has 96 valence electrons. The van der Waals surface area contributed by atoms with E-state index >= 15 is 0 Å². The van der Waals surface area contributed by atoms with E-state index in [1.807, 2.05) is 25.6 Å². The molecule has 0 radical (unpaired) electrons. The Balaban J connectivity index is 2.28. The number of nitrogens with one attached hydrogen (secondary N) is 1. The van der Waals surface area contributed by atoms with Crippen LogP contribution >= 0.6 is 0 Å². The lowest BCUT2D eigenvalue weighted by molar-refractivity contribution is 0.156. The first-order chi connectivity index (χ1) is 8.00. The summed E-state index contributed by atoms with van der Waals surface area (Å²) in [5.74, 6) is 0. The lowest BCUT2D eigenvalue weighted by atomic mass is 10.1. The van der Waals surface area contributed by atoms with Crippen molar-refractivity contribution in [2.24, 2.45) is 7.05 Å². The molecule has 0 aliphatic rings. The molecule has 0 saturated heterocycles. The van der Waals surface area contributed by atoms with E-state index in [2.05, 4.69) is 30.1 Å². The third kappa shape index (κ3) is 4.71. The highest BCUT2D eigenvalue weighted by Crippen LogP contribution is 2.14. The molecular weight excluding hydrogens is 214 g/mol. The summed E-state index contributed by atoms with van der Waals surface area (Å²) in [5.41, 5.74) is 3.38. The maximum Gasteiger partial charge on any atom is 0.0672 e. The van der Waals surface area contributed by atoms with E-state index < -0.39 is 0 Å². The van der Waals surface area contributed by atoms with Crippen molar-refractivity contribution in [1.29, 1.82) is 0 Å². The van der Waals surface area contributed by atoms with E-state index in [4.69, 9.17) is 4.74 Å². The summed E-state index contributed by atoms with van der Waals surface area (Å²) >= 11 is 0. The minimum atomic E-state index is 0.303. The molecule has 0 amide bonds. The monoisotopic (exact) mass is 237 g/mol. The van der Waals surface area contributed by atoms with Gasteiger partial charge in [0.15, 0.2) is 0 Å². The predicted octanol–water partition coefficient (Wildman–Crippen LogP) is 1.97. The van der Waals surface area contributed by atoms with Gasteiger partial charge in [0.05, 0.1) is 18.9 Å². The van der Waals surface area contributed by atoms with Gasteiger partial charge in [0.1, 0.15) is 0 Å². The van der Waals surface area contributed by atoms with Crippen molar-refractivity contribution in [3.63, 3.8) is 0 Å². The quantitative estimate of drug-likeness (QED) is 0.582. The Bertz CT molecular complexity index is 371. The lowest BCUT2D eigenvalue weighted by Crippen LogP contribution is -2.23. The van der Waals surface area contributed by atoms with E-state index in [9.17, 15) is 0 Å². The normalized spacial score (nSPS) is 12.7. The SMILES string of the molecule is C=C(C)COCCNC(C)c1cn(C)nc1C. The maximum absolute atomic E-state index is 5.43. The van der Waals surface area contributed by atoms with E-state index in [1.54, 1.807) is 0 Å². The first-order valence-corrected chi connectivity index (χ1v) is 5.96. The molecule has 0 fully saturated rings. The molecule has 4 nitrogen and oxygen atoms in total. The molecule has 1 atom stereocenters. The molecule has 1 unspecified atom stereocenters. The second kappa shape index (κ2) is 6.57. The van der Waals surface area contributed by atoms with Gasteiger partial charge < -0.3 is 10.1 Å². The summed E-state index contributed by atoms with van der Waals surface area (Å²) in [7, 11) is 1.94. The summed E-state index contributed by atoms with van der Waals surface area (Å²) in [6.07, 6.45) is 2.06. The molecule has 1 heterocycles. The Morgan fingerprint density at radius 1 is 1.65 bits per heavy atom. The van der Waals surface area contributed by atoms with Crippen molar-refractivity contribution in [3.05, 3.63) is 29.6 Å². The fourth-order valence-corrected chi connectivity index (χ4v) is 1.75. The van der Waals surface area contributed by atoms with Gasteiger partial charge in [-0.15, -0.1) is 0 Å². The van der Waals surface area contributed by atoms with E-state index in [-0.39, 0.29) is 0 Å². The zero-order chi connectivity index (χ0) is 12.8. The molecule has 1 N–H and O–H groups in total. The zero-order valence-electron chi connectivity index (χ0n) is 11.3. The van der Waals surface area contributed by atoms with Crippen molar-refractivity contribution in [1.82, 2.24) is 15.1 Å². The highest BCUT2D eigenvalue weighted by atomic mass is 16.5. The molecule has 1 aromatic heterocycles. The van der Waals surface area contributed by atoms with Crippen molar-refractivity contribution in [2.45, 2.75) is 26.8 Å². The average molecular weight is 237 g/mol. The molecule has 0 aliphatic carbocycles. The van der Waals surface area contributed by atoms with Crippen LogP contribution in [0.5, 0.6) is 0 Å². The summed E-state index contributed by atoms with van der Waals surface area (Å²) in [4.78, 5) is 0. The number of ether oxygens (including phenoxy) is 1. The third-order valence-corrected chi connectivity index (χ3v) is 2.56. The molecular formula is C13H23N3O. The first-order valence-electron chi connectivity index (χ1n) is 5.96. The number of aryl methyl sites for hydroxylation is 2. The van der Waals surface area contributed by atoms with Gasteiger partial charge in [-0.3, -0.25) is 4.68 Å². The molecule has 0 aliphatic heterocycles. The largest absolute Gasteiger partial charge is 0.376 e. The number of aromatic nitrogens is 2. The Labute approximate surface area is 104 Å². The van der Waals surface area contributed by atoms with Crippen LogP contribution < -0.4 is 5.32 Å². The molecule has 0 aromatic carbocycles. The van der Waals surface area contributed by atoms with Crippen molar-refractivity contribution in [2.75, 3.05) is 19.8 Å². The van der Waals surface area contributed by atoms with Crippen LogP contribution in [0.3, 0.4) is 0 Å². The van der Waals surface area contributed by atoms with Gasteiger partial charge in [-0.1, -0.05) is 12.2 Å². The molecule has 4 heteroatoms. The number of hydrogen-bond donors (Lipinski definition) is 1. The summed E-state index contributed by atoms with van der Waals surface area (Å²) in [6.45, 7) is 12.1. The number of hydrogen-bond acceptors (Lipinski definition) is 3. The molecule has 1 rings (SSSR count). The molecule has 0 spiro atoms. The van der Waals surface area contributed by atoms with Crippen LogP contribution in [0.15, 0.2) is 18.3 Å². The standard InChI is InChI=1S/C13H23N3O/c1-10(2)9-17-7-6-14-11(3)13-8-16(5)15-12(13)4/h8,11,14H,1,6-7,9H2,2-5H3. The second-order valence-corrected chi connectivity index (χ2v) is 4.53. The lowest BCUT2D eigenvalue weighted by Gasteiger charge is -2.13. The maximum atomic E-state index is 5.43. The smallest absolute Gasteiger partial charge is 0.0672 e. The fourth-order valence-electron chi connectivity index (χ4n) is 1.75. The number of nitrogens with zero attached hydrogens (tertiary/aromatic N) is 2. The highest BCUT2D eigenvalue weighted by molar-refractivity contribution is 5.19. The molecule has 17 heavy (non-hydrogen) atoms. The Kier molecular flexibility index (Phi) is 5.38. The van der Waals surface area contributed by atoms with Crippen LogP contribution in [0.2, 0.25) is 0 Å². The Morgan fingerprint density at radius 2 is 2.35 bits per heavy atom. The van der Waals surface area contributed by atoms with Gasteiger partial charge >= 0.3 is 0 Å². The van der Waals surface area contributed by atoms with Gasteiger partial charge in [0.2, 0.25) is 0 Å². The van der Waals surface area contributed by atoms with Crippen LogP contribution in [0.25, 0.3) is 0 Å². The Morgan fingerprint density at radius 3 is 2.88 bits per heavy atom. The van der Waals surface area contributed by atoms with E-state index in [0.717, 1.165) is 17.8 Å². The van der Waals surface area contributed by atoms with Crippen molar-refractivity contribution < 1.29 is 4.74 Å². The topological polar surface area (TPSA) is 39.1 Å². The van der Waals surface area contributed by atoms with Crippen molar-refractivity contribution in [3.8, 4) is 0 Å².